The van der Waals surface area contributed by atoms with Crippen molar-refractivity contribution in [3.63, 3.8) is 0 Å². The lowest BCUT2D eigenvalue weighted by Gasteiger charge is -2.10. The van der Waals surface area contributed by atoms with Crippen molar-refractivity contribution in [1.82, 2.24) is 9.61 Å². The number of aryl methyl sites for hydroxylation is 1. The molecule has 0 unspecified atom stereocenters. The summed E-state index contributed by atoms with van der Waals surface area (Å²) in [6.07, 6.45) is 0. The van der Waals surface area contributed by atoms with Crippen LogP contribution in [-0.4, -0.2) is 14.7 Å². The predicted molar refractivity (Wildman–Crippen MR) is 97.2 cm³/mol. The third kappa shape index (κ3) is 1.67. The van der Waals surface area contributed by atoms with E-state index in [0.29, 0.717) is 24.3 Å². The number of pyridine rings is 1. The van der Waals surface area contributed by atoms with Crippen LogP contribution in [0.5, 0.6) is 5.75 Å². The van der Waals surface area contributed by atoms with E-state index in [9.17, 15) is 9.90 Å². The monoisotopic (exact) mass is 484 g/mol. The summed E-state index contributed by atoms with van der Waals surface area (Å²) >= 11 is 10.2. The molecule has 0 spiro atoms. The molecule has 0 aliphatic heterocycles. The number of halogens is 3. The van der Waals surface area contributed by atoms with Crippen LogP contribution in [0.15, 0.2) is 36.4 Å². The van der Waals surface area contributed by atoms with Crippen LogP contribution >= 0.6 is 47.8 Å². The SMILES string of the molecule is Cc1nn2c3c(Br)cc(Br)c(O)c3c(=O)c3c(Br)ccc1c32. The second kappa shape index (κ2) is 4.66. The van der Waals surface area contributed by atoms with Gasteiger partial charge in [0.2, 0.25) is 5.43 Å². The molecule has 4 rings (SSSR count). The third-order valence-electron chi connectivity index (χ3n) is 3.82. The highest BCUT2D eigenvalue weighted by Crippen LogP contribution is 2.39. The van der Waals surface area contributed by atoms with Crippen LogP contribution < -0.4 is 5.43 Å². The second-order valence-electron chi connectivity index (χ2n) is 5.06. The number of nitrogens with zero attached hydrogens (tertiary/aromatic N) is 2. The lowest BCUT2D eigenvalue weighted by Crippen LogP contribution is -2.08. The molecule has 0 amide bonds. The van der Waals surface area contributed by atoms with Gasteiger partial charge in [-0.3, -0.25) is 4.79 Å². The highest BCUT2D eigenvalue weighted by molar-refractivity contribution is 9.11. The maximum atomic E-state index is 13.0. The summed E-state index contributed by atoms with van der Waals surface area (Å²) in [4.78, 5) is 13.0. The number of fused-ring (bicyclic) bond motifs is 2. The number of aromatic hydroxyl groups is 1. The molecule has 4 nitrogen and oxygen atoms in total. The summed E-state index contributed by atoms with van der Waals surface area (Å²) in [6, 6.07) is 5.49. The lowest BCUT2D eigenvalue weighted by molar-refractivity contribution is 0.478. The Bertz CT molecular complexity index is 1150. The molecule has 2 aromatic heterocycles. The van der Waals surface area contributed by atoms with E-state index in [0.717, 1.165) is 16.6 Å². The van der Waals surface area contributed by atoms with Gasteiger partial charge in [-0.2, -0.15) is 5.10 Å². The zero-order valence-electron chi connectivity index (χ0n) is 11.1. The Labute approximate surface area is 149 Å². The quantitative estimate of drug-likeness (QED) is 0.365. The average molecular weight is 487 g/mol. The summed E-state index contributed by atoms with van der Waals surface area (Å²) in [5.41, 5.74) is 1.93. The average Bonchev–Trinajstić information content (AvgIpc) is 2.78. The van der Waals surface area contributed by atoms with E-state index in [2.05, 4.69) is 52.9 Å². The van der Waals surface area contributed by atoms with E-state index < -0.39 is 0 Å². The first kappa shape index (κ1) is 14.4. The Morgan fingerprint density at radius 2 is 1.77 bits per heavy atom. The molecule has 2 aromatic carbocycles. The number of phenols is 1. The fourth-order valence-corrected chi connectivity index (χ4v) is 4.69. The maximum absolute atomic E-state index is 13.0. The van der Waals surface area contributed by atoms with E-state index in [1.165, 1.54) is 0 Å². The number of hydrogen-bond donors (Lipinski definition) is 1. The summed E-state index contributed by atoms with van der Waals surface area (Å²) in [5.74, 6) is -0.0779. The standard InChI is InChI=1S/C15H7Br3N2O2/c1-5-6-2-3-7(16)10-12(6)20(19-5)13-8(17)4-9(18)14(21)11(13)15(10)22/h2-4,21H,1H3. The molecule has 110 valence electrons. The van der Waals surface area contributed by atoms with Crippen molar-refractivity contribution in [3.05, 3.63) is 47.5 Å². The molecule has 0 saturated carbocycles. The van der Waals surface area contributed by atoms with E-state index in [1.807, 2.05) is 19.1 Å². The molecule has 22 heavy (non-hydrogen) atoms. The zero-order valence-corrected chi connectivity index (χ0v) is 15.9. The van der Waals surface area contributed by atoms with Crippen molar-refractivity contribution < 1.29 is 5.11 Å². The van der Waals surface area contributed by atoms with Crippen LogP contribution in [0.25, 0.3) is 27.2 Å². The largest absolute Gasteiger partial charge is 0.506 e. The molecule has 0 atom stereocenters. The van der Waals surface area contributed by atoms with Gasteiger partial charge >= 0.3 is 0 Å². The molecule has 0 aliphatic rings. The van der Waals surface area contributed by atoms with Crippen LogP contribution in [0.4, 0.5) is 0 Å². The number of phenolic OH excluding ortho intramolecular Hbond substituents is 1. The van der Waals surface area contributed by atoms with Crippen molar-refractivity contribution in [1.29, 1.82) is 0 Å². The molecule has 0 fully saturated rings. The summed E-state index contributed by atoms with van der Waals surface area (Å²) in [7, 11) is 0. The predicted octanol–water partition coefficient (Wildman–Crippen LogP) is 4.74. The van der Waals surface area contributed by atoms with E-state index in [1.54, 1.807) is 10.6 Å². The topological polar surface area (TPSA) is 54.6 Å². The highest BCUT2D eigenvalue weighted by atomic mass is 79.9. The van der Waals surface area contributed by atoms with Crippen LogP contribution in [0.3, 0.4) is 0 Å². The molecule has 0 radical (unpaired) electrons. The minimum absolute atomic E-state index is 0.0779. The van der Waals surface area contributed by atoms with Crippen molar-refractivity contribution in [2.75, 3.05) is 0 Å². The maximum Gasteiger partial charge on any atom is 0.202 e. The van der Waals surface area contributed by atoms with Crippen LogP contribution in [0.1, 0.15) is 5.69 Å². The van der Waals surface area contributed by atoms with Gasteiger partial charge in [-0.15, -0.1) is 0 Å². The van der Waals surface area contributed by atoms with Crippen molar-refractivity contribution >= 4 is 75.0 Å². The Morgan fingerprint density at radius 1 is 1.05 bits per heavy atom. The fraction of sp³-hybridized carbons (Fsp3) is 0.0667. The van der Waals surface area contributed by atoms with Gasteiger partial charge in [0, 0.05) is 14.3 Å². The molecule has 0 saturated heterocycles. The molecular formula is C15H7Br3N2O2. The Hall–Kier alpha value is -1.18. The molecular weight excluding hydrogens is 480 g/mol. The van der Waals surface area contributed by atoms with E-state index in [-0.39, 0.29) is 16.6 Å². The van der Waals surface area contributed by atoms with Gasteiger partial charge < -0.3 is 5.11 Å². The second-order valence-corrected chi connectivity index (χ2v) is 7.62. The minimum atomic E-state index is -0.223. The van der Waals surface area contributed by atoms with Gasteiger partial charge in [0.05, 0.1) is 32.0 Å². The van der Waals surface area contributed by atoms with Crippen LogP contribution in [0, 0.1) is 6.92 Å². The summed E-state index contributed by atoms with van der Waals surface area (Å²) < 4.78 is 3.56. The minimum Gasteiger partial charge on any atom is -0.506 e. The Balaban J connectivity index is 2.53. The van der Waals surface area contributed by atoms with Crippen LogP contribution in [-0.2, 0) is 0 Å². The number of hydrogen-bond acceptors (Lipinski definition) is 3. The van der Waals surface area contributed by atoms with Gasteiger partial charge in [0.25, 0.3) is 0 Å². The lowest BCUT2D eigenvalue weighted by atomic mass is 10.1. The van der Waals surface area contributed by atoms with E-state index >= 15 is 0 Å². The fourth-order valence-electron chi connectivity index (χ4n) is 2.86. The normalized spacial score (nSPS) is 12.0. The van der Waals surface area contributed by atoms with Gasteiger partial charge in [-0.25, -0.2) is 4.52 Å². The summed E-state index contributed by atoms with van der Waals surface area (Å²) in [5, 5.41) is 16.6. The van der Waals surface area contributed by atoms with Gasteiger partial charge in [0.15, 0.2) is 0 Å². The number of aromatic nitrogens is 2. The zero-order chi connectivity index (χ0) is 15.8. The molecule has 0 bridgehead atoms. The molecule has 1 N–H and O–H groups in total. The van der Waals surface area contributed by atoms with E-state index in [4.69, 9.17) is 0 Å². The molecule has 7 heteroatoms. The Morgan fingerprint density at radius 3 is 2.50 bits per heavy atom. The van der Waals surface area contributed by atoms with Crippen molar-refractivity contribution in [2.24, 2.45) is 0 Å². The van der Waals surface area contributed by atoms with Gasteiger partial charge in [-0.1, -0.05) is 0 Å². The number of benzene rings is 2. The first-order valence-electron chi connectivity index (χ1n) is 6.35. The molecule has 4 aromatic rings. The molecule has 0 aliphatic carbocycles. The van der Waals surface area contributed by atoms with Crippen molar-refractivity contribution in [3.8, 4) is 5.75 Å². The van der Waals surface area contributed by atoms with Gasteiger partial charge in [0.1, 0.15) is 5.75 Å². The molecule has 2 heterocycles. The highest BCUT2D eigenvalue weighted by Gasteiger charge is 2.22. The third-order valence-corrected chi connectivity index (χ3v) is 5.69. The van der Waals surface area contributed by atoms with Crippen molar-refractivity contribution in [2.45, 2.75) is 6.92 Å². The Kier molecular flexibility index (Phi) is 3.05. The summed E-state index contributed by atoms with van der Waals surface area (Å²) in [6.45, 7) is 1.90. The smallest absolute Gasteiger partial charge is 0.202 e. The first-order chi connectivity index (χ1) is 10.4. The number of rotatable bonds is 0. The van der Waals surface area contributed by atoms with Gasteiger partial charge in [-0.05, 0) is 72.9 Å². The van der Waals surface area contributed by atoms with Crippen LogP contribution in [0.2, 0.25) is 0 Å². The first-order valence-corrected chi connectivity index (χ1v) is 8.73.